The summed E-state index contributed by atoms with van der Waals surface area (Å²) in [7, 11) is 0. The van der Waals surface area contributed by atoms with Gasteiger partial charge in [0.15, 0.2) is 0 Å². The van der Waals surface area contributed by atoms with E-state index in [2.05, 4.69) is 5.32 Å². The van der Waals surface area contributed by atoms with Gasteiger partial charge in [-0.05, 0) is 38.5 Å². The Morgan fingerprint density at radius 2 is 1.64 bits per heavy atom. The third-order valence-corrected chi connectivity index (χ3v) is 4.87. The molecule has 1 aromatic carbocycles. The van der Waals surface area contributed by atoms with Gasteiger partial charge < -0.3 is 19.5 Å². The molecular weight excluding hydrogens is 382 g/mol. The first-order chi connectivity index (χ1) is 13.5. The third-order valence-electron chi connectivity index (χ3n) is 3.68. The van der Waals surface area contributed by atoms with Crippen LogP contribution in [0.2, 0.25) is 0 Å². The second-order valence-electron chi connectivity index (χ2n) is 5.66. The second-order valence-corrected chi connectivity index (χ2v) is 6.68. The number of para-hydroxylation sites is 1. The number of benzene rings is 1. The molecule has 1 aromatic heterocycles. The first-order valence-electron chi connectivity index (χ1n) is 8.93. The van der Waals surface area contributed by atoms with Crippen molar-refractivity contribution >= 4 is 34.2 Å². The summed E-state index contributed by atoms with van der Waals surface area (Å²) < 4.78 is 15.6. The lowest BCUT2D eigenvalue weighted by atomic mass is 10.1. The molecule has 0 radical (unpaired) electrons. The van der Waals surface area contributed by atoms with Gasteiger partial charge in [-0.3, -0.25) is 4.79 Å². The fourth-order valence-corrected chi connectivity index (χ4v) is 3.51. The summed E-state index contributed by atoms with van der Waals surface area (Å²) in [6.45, 7) is 5.58. The zero-order valence-electron chi connectivity index (χ0n) is 16.1. The number of rotatable bonds is 9. The molecule has 7 nitrogen and oxygen atoms in total. The van der Waals surface area contributed by atoms with Gasteiger partial charge >= 0.3 is 11.9 Å². The summed E-state index contributed by atoms with van der Waals surface area (Å²) in [5.74, 6) is -0.802. The van der Waals surface area contributed by atoms with Crippen LogP contribution in [0.15, 0.2) is 30.3 Å². The van der Waals surface area contributed by atoms with E-state index in [0.717, 1.165) is 11.3 Å². The van der Waals surface area contributed by atoms with Crippen LogP contribution in [0.25, 0.3) is 0 Å². The van der Waals surface area contributed by atoms with E-state index in [9.17, 15) is 14.4 Å². The maximum atomic E-state index is 12.3. The highest BCUT2D eigenvalue weighted by Crippen LogP contribution is 2.34. The van der Waals surface area contributed by atoms with Crippen molar-refractivity contribution in [2.45, 2.75) is 27.2 Å². The van der Waals surface area contributed by atoms with Crippen molar-refractivity contribution in [1.82, 2.24) is 0 Å². The SMILES string of the molecule is CCOC(=O)c1sc(NC(=O)CCOc2ccccc2)c(C(=O)OCC)c1C. The topological polar surface area (TPSA) is 90.9 Å². The number of ether oxygens (including phenoxy) is 3. The number of amides is 1. The van der Waals surface area contributed by atoms with Gasteiger partial charge in [0.2, 0.25) is 5.91 Å². The molecule has 1 N–H and O–H groups in total. The minimum atomic E-state index is -0.595. The Bertz CT molecular complexity index is 831. The maximum Gasteiger partial charge on any atom is 0.348 e. The molecule has 2 aromatic rings. The molecule has 150 valence electrons. The smallest absolute Gasteiger partial charge is 0.348 e. The standard InChI is InChI=1S/C20H23NO6S/c1-4-25-19(23)16-13(3)17(20(24)26-5-2)28-18(16)21-15(22)11-12-27-14-9-7-6-8-10-14/h6-10H,4-5,11-12H2,1-3H3,(H,21,22). The summed E-state index contributed by atoms with van der Waals surface area (Å²) in [4.78, 5) is 37.0. The number of esters is 2. The fraction of sp³-hybridized carbons (Fsp3) is 0.350. The highest BCUT2D eigenvalue weighted by Gasteiger charge is 2.27. The monoisotopic (exact) mass is 405 g/mol. The van der Waals surface area contributed by atoms with E-state index in [4.69, 9.17) is 14.2 Å². The van der Waals surface area contributed by atoms with Crippen LogP contribution in [0.1, 0.15) is 45.9 Å². The lowest BCUT2D eigenvalue weighted by Crippen LogP contribution is -2.17. The molecule has 0 saturated carbocycles. The van der Waals surface area contributed by atoms with Crippen molar-refractivity contribution in [2.24, 2.45) is 0 Å². The van der Waals surface area contributed by atoms with E-state index in [-0.39, 0.29) is 47.6 Å². The van der Waals surface area contributed by atoms with Crippen molar-refractivity contribution in [3.63, 3.8) is 0 Å². The predicted octanol–water partition coefficient (Wildman–Crippen LogP) is 3.82. The van der Waals surface area contributed by atoms with Gasteiger partial charge in [-0.2, -0.15) is 0 Å². The van der Waals surface area contributed by atoms with E-state index in [1.54, 1.807) is 32.9 Å². The normalized spacial score (nSPS) is 10.2. The van der Waals surface area contributed by atoms with E-state index in [0.29, 0.717) is 11.3 Å². The van der Waals surface area contributed by atoms with Crippen molar-refractivity contribution in [2.75, 3.05) is 25.1 Å². The molecule has 1 heterocycles. The van der Waals surface area contributed by atoms with Crippen molar-refractivity contribution in [1.29, 1.82) is 0 Å². The highest BCUT2D eigenvalue weighted by atomic mass is 32.1. The summed E-state index contributed by atoms with van der Waals surface area (Å²) in [6.07, 6.45) is 0.0862. The lowest BCUT2D eigenvalue weighted by Gasteiger charge is -2.08. The Morgan fingerprint density at radius 1 is 1.00 bits per heavy atom. The van der Waals surface area contributed by atoms with Crippen LogP contribution in [0, 0.1) is 6.92 Å². The number of thiophene rings is 1. The molecule has 2 rings (SSSR count). The third kappa shape index (κ3) is 5.56. The molecule has 28 heavy (non-hydrogen) atoms. The van der Waals surface area contributed by atoms with Gasteiger partial charge in [0.1, 0.15) is 15.6 Å². The number of hydrogen-bond donors (Lipinski definition) is 1. The zero-order chi connectivity index (χ0) is 20.5. The molecular formula is C20H23NO6S. The van der Waals surface area contributed by atoms with Gasteiger partial charge in [-0.15, -0.1) is 11.3 Å². The van der Waals surface area contributed by atoms with E-state index in [1.807, 2.05) is 18.2 Å². The van der Waals surface area contributed by atoms with E-state index < -0.39 is 11.9 Å². The molecule has 0 spiro atoms. The van der Waals surface area contributed by atoms with Crippen LogP contribution in [0.5, 0.6) is 5.75 Å². The summed E-state index contributed by atoms with van der Waals surface area (Å²) in [5.41, 5.74) is 0.602. The first kappa shape index (κ1) is 21.4. The largest absolute Gasteiger partial charge is 0.493 e. The van der Waals surface area contributed by atoms with Crippen LogP contribution < -0.4 is 10.1 Å². The summed E-state index contributed by atoms with van der Waals surface area (Å²) >= 11 is 0.998. The van der Waals surface area contributed by atoms with Crippen molar-refractivity contribution < 1.29 is 28.6 Å². The molecule has 8 heteroatoms. The van der Waals surface area contributed by atoms with Gasteiger partial charge in [0, 0.05) is 0 Å². The number of nitrogens with one attached hydrogen (secondary N) is 1. The molecule has 0 atom stereocenters. The van der Waals surface area contributed by atoms with Crippen LogP contribution >= 0.6 is 11.3 Å². The number of anilines is 1. The minimum Gasteiger partial charge on any atom is -0.493 e. The molecule has 0 aliphatic carbocycles. The van der Waals surface area contributed by atoms with Gasteiger partial charge in [-0.1, -0.05) is 18.2 Å². The fourth-order valence-electron chi connectivity index (χ4n) is 2.41. The minimum absolute atomic E-state index is 0.0862. The number of carbonyl (C=O) groups is 3. The quantitative estimate of drug-likeness (QED) is 0.638. The molecule has 1 amide bonds. The highest BCUT2D eigenvalue weighted by molar-refractivity contribution is 7.18. The van der Waals surface area contributed by atoms with Crippen molar-refractivity contribution in [3.8, 4) is 5.75 Å². The Balaban J connectivity index is 2.11. The first-order valence-corrected chi connectivity index (χ1v) is 9.74. The van der Waals surface area contributed by atoms with Gasteiger partial charge in [-0.25, -0.2) is 9.59 Å². The second kappa shape index (κ2) is 10.5. The average molecular weight is 405 g/mol. The summed E-state index contributed by atoms with van der Waals surface area (Å²) in [6, 6.07) is 9.14. The van der Waals surface area contributed by atoms with E-state index in [1.165, 1.54) is 0 Å². The Hall–Kier alpha value is -2.87. The van der Waals surface area contributed by atoms with Crippen LogP contribution in [-0.2, 0) is 14.3 Å². The molecule has 0 aliphatic heterocycles. The Kier molecular flexibility index (Phi) is 8.01. The number of hydrogen-bond acceptors (Lipinski definition) is 7. The van der Waals surface area contributed by atoms with Crippen molar-refractivity contribution in [3.05, 3.63) is 46.3 Å². The predicted molar refractivity (Wildman–Crippen MR) is 106 cm³/mol. The lowest BCUT2D eigenvalue weighted by molar-refractivity contribution is -0.116. The molecule has 0 aliphatic rings. The van der Waals surface area contributed by atoms with Gasteiger partial charge in [0.25, 0.3) is 0 Å². The Morgan fingerprint density at radius 3 is 2.29 bits per heavy atom. The van der Waals surface area contributed by atoms with Gasteiger partial charge in [0.05, 0.1) is 31.8 Å². The van der Waals surface area contributed by atoms with Crippen LogP contribution in [0.3, 0.4) is 0 Å². The number of carbonyl (C=O) groups excluding carboxylic acids is 3. The van der Waals surface area contributed by atoms with E-state index >= 15 is 0 Å². The molecule has 0 bridgehead atoms. The molecule has 0 saturated heterocycles. The average Bonchev–Trinajstić information content (AvgIpc) is 2.99. The molecule has 0 fully saturated rings. The zero-order valence-corrected chi connectivity index (χ0v) is 16.9. The molecule has 0 unspecified atom stereocenters. The Labute approximate surface area is 167 Å². The maximum absolute atomic E-state index is 12.3. The van der Waals surface area contributed by atoms with Crippen LogP contribution in [0.4, 0.5) is 5.00 Å². The van der Waals surface area contributed by atoms with Crippen LogP contribution in [-0.4, -0.2) is 37.7 Å². The summed E-state index contributed by atoms with van der Waals surface area (Å²) in [5, 5.41) is 2.95.